The molecular weight excluding hydrogens is 568 g/mol. The van der Waals surface area contributed by atoms with Crippen molar-refractivity contribution in [2.24, 2.45) is 17.2 Å². The standard InChI is InChI=1S/C35H62N6O4/c1-2-3-4-5-6-7-8-9-13-22-32(42)40-30(20-14-16-25-36)35(45)39-27-28-41(31(34(38)44)21-15-17-26-37)33(43)24-23-29-18-11-10-12-19-29/h10-12,18-19,30-31H,2-9,13-17,20-28,36-37H2,1H3,(H2,38,44)(H,39,45)(H,40,42)/t30-,31-/m0/s1. The number of rotatable bonds is 28. The zero-order chi connectivity index (χ0) is 33.1. The van der Waals surface area contributed by atoms with Gasteiger partial charge in [0.1, 0.15) is 12.1 Å². The Labute approximate surface area is 272 Å². The molecule has 0 aromatic heterocycles. The lowest BCUT2D eigenvalue weighted by Crippen LogP contribution is -2.52. The van der Waals surface area contributed by atoms with Crippen molar-refractivity contribution in [2.75, 3.05) is 26.2 Å². The highest BCUT2D eigenvalue weighted by Crippen LogP contribution is 2.14. The number of unbranched alkanes of at least 4 members (excludes halogenated alkanes) is 10. The number of hydrogen-bond acceptors (Lipinski definition) is 6. The van der Waals surface area contributed by atoms with Crippen molar-refractivity contribution in [1.82, 2.24) is 15.5 Å². The lowest BCUT2D eigenvalue weighted by Gasteiger charge is -2.30. The number of carbonyl (C=O) groups excluding carboxylic acids is 4. The number of nitrogens with one attached hydrogen (secondary N) is 2. The van der Waals surface area contributed by atoms with Crippen LogP contribution in [-0.2, 0) is 25.6 Å². The van der Waals surface area contributed by atoms with Crippen LogP contribution < -0.4 is 27.8 Å². The maximum Gasteiger partial charge on any atom is 0.242 e. The number of carbonyl (C=O) groups is 4. The van der Waals surface area contributed by atoms with Crippen LogP contribution >= 0.6 is 0 Å². The molecule has 2 atom stereocenters. The number of benzene rings is 1. The molecule has 45 heavy (non-hydrogen) atoms. The minimum Gasteiger partial charge on any atom is -0.368 e. The van der Waals surface area contributed by atoms with Crippen molar-refractivity contribution in [2.45, 2.75) is 135 Å². The number of nitrogens with zero attached hydrogens (tertiary/aromatic N) is 1. The lowest BCUT2D eigenvalue weighted by atomic mass is 10.0. The lowest BCUT2D eigenvalue weighted by molar-refractivity contribution is -0.139. The van der Waals surface area contributed by atoms with Crippen LogP contribution in [0.25, 0.3) is 0 Å². The van der Waals surface area contributed by atoms with Gasteiger partial charge in [-0.1, -0.05) is 88.6 Å². The van der Waals surface area contributed by atoms with Gasteiger partial charge in [-0.3, -0.25) is 19.2 Å². The highest BCUT2D eigenvalue weighted by atomic mass is 16.2. The molecule has 0 spiro atoms. The van der Waals surface area contributed by atoms with Gasteiger partial charge in [-0.2, -0.15) is 0 Å². The molecule has 0 fully saturated rings. The molecule has 1 aromatic rings. The van der Waals surface area contributed by atoms with Crippen molar-refractivity contribution in [3.8, 4) is 0 Å². The first-order valence-corrected chi connectivity index (χ1v) is 17.4. The van der Waals surface area contributed by atoms with Crippen LogP contribution in [0.2, 0.25) is 0 Å². The molecule has 0 bridgehead atoms. The van der Waals surface area contributed by atoms with Crippen LogP contribution in [0.3, 0.4) is 0 Å². The molecule has 1 rings (SSSR count). The van der Waals surface area contributed by atoms with E-state index in [1.165, 1.54) is 43.4 Å². The Morgan fingerprint density at radius 2 is 1.36 bits per heavy atom. The van der Waals surface area contributed by atoms with Crippen molar-refractivity contribution < 1.29 is 19.2 Å². The van der Waals surface area contributed by atoms with E-state index in [4.69, 9.17) is 17.2 Å². The van der Waals surface area contributed by atoms with E-state index >= 15 is 0 Å². The number of nitrogens with two attached hydrogens (primary N) is 3. The van der Waals surface area contributed by atoms with Gasteiger partial charge in [-0.25, -0.2) is 0 Å². The summed E-state index contributed by atoms with van der Waals surface area (Å²) in [6.45, 7) is 3.49. The Morgan fingerprint density at radius 3 is 1.96 bits per heavy atom. The number of aryl methyl sites for hydroxylation is 1. The van der Waals surface area contributed by atoms with Gasteiger partial charge in [0, 0.05) is 25.9 Å². The van der Waals surface area contributed by atoms with E-state index in [-0.39, 0.29) is 37.2 Å². The number of amides is 4. The second-order valence-electron chi connectivity index (χ2n) is 12.0. The predicted octanol–water partition coefficient (Wildman–Crippen LogP) is 4.08. The van der Waals surface area contributed by atoms with E-state index in [1.807, 2.05) is 30.3 Å². The topological polar surface area (TPSA) is 174 Å². The third kappa shape index (κ3) is 19.2. The molecule has 0 aliphatic carbocycles. The molecule has 0 aliphatic rings. The summed E-state index contributed by atoms with van der Waals surface area (Å²) in [6, 6.07) is 8.22. The molecule has 10 heteroatoms. The molecule has 1 aromatic carbocycles. The van der Waals surface area contributed by atoms with Crippen molar-refractivity contribution in [3.05, 3.63) is 35.9 Å². The molecule has 0 saturated carbocycles. The molecule has 0 saturated heterocycles. The monoisotopic (exact) mass is 630 g/mol. The van der Waals surface area contributed by atoms with Gasteiger partial charge in [-0.05, 0) is 70.0 Å². The summed E-state index contributed by atoms with van der Waals surface area (Å²) in [5.41, 5.74) is 18.1. The Balaban J connectivity index is 2.71. The average molecular weight is 631 g/mol. The Hall–Kier alpha value is -2.98. The molecule has 256 valence electrons. The molecule has 0 radical (unpaired) electrons. The Kier molecular flexibility index (Phi) is 23.4. The Morgan fingerprint density at radius 1 is 0.756 bits per heavy atom. The van der Waals surface area contributed by atoms with Gasteiger partial charge in [0.2, 0.25) is 23.6 Å². The van der Waals surface area contributed by atoms with Gasteiger partial charge in [-0.15, -0.1) is 0 Å². The number of primary amides is 1. The fourth-order valence-electron chi connectivity index (χ4n) is 5.47. The molecule has 0 heterocycles. The van der Waals surface area contributed by atoms with Crippen LogP contribution in [0.4, 0.5) is 0 Å². The predicted molar refractivity (Wildman–Crippen MR) is 182 cm³/mol. The molecule has 0 unspecified atom stereocenters. The second kappa shape index (κ2) is 26.3. The van der Waals surface area contributed by atoms with E-state index in [0.717, 1.165) is 37.7 Å². The van der Waals surface area contributed by atoms with Crippen LogP contribution in [0.15, 0.2) is 30.3 Å². The summed E-state index contributed by atoms with van der Waals surface area (Å²) in [4.78, 5) is 53.2. The van der Waals surface area contributed by atoms with Gasteiger partial charge in [0.05, 0.1) is 0 Å². The molecule has 10 nitrogen and oxygen atoms in total. The SMILES string of the molecule is CCCCCCCCCCCC(=O)N[C@@H](CCCCN)C(=O)NCCN(C(=O)CCc1ccccc1)[C@@H](CCCCN)C(N)=O. The second-order valence-corrected chi connectivity index (χ2v) is 12.0. The van der Waals surface area contributed by atoms with E-state index < -0.39 is 18.0 Å². The van der Waals surface area contributed by atoms with Crippen LogP contribution in [0.1, 0.15) is 122 Å². The van der Waals surface area contributed by atoms with E-state index in [9.17, 15) is 19.2 Å². The van der Waals surface area contributed by atoms with E-state index in [0.29, 0.717) is 51.6 Å². The largest absolute Gasteiger partial charge is 0.368 e. The third-order valence-electron chi connectivity index (χ3n) is 8.19. The molecule has 4 amide bonds. The minimum absolute atomic E-state index is 0.128. The number of hydrogen-bond donors (Lipinski definition) is 5. The fourth-order valence-corrected chi connectivity index (χ4v) is 5.47. The van der Waals surface area contributed by atoms with Crippen LogP contribution in [-0.4, -0.2) is 66.8 Å². The maximum absolute atomic E-state index is 13.4. The summed E-state index contributed by atoms with van der Waals surface area (Å²) in [5.74, 6) is -1.20. The normalized spacial score (nSPS) is 12.3. The maximum atomic E-state index is 13.4. The van der Waals surface area contributed by atoms with Crippen LogP contribution in [0.5, 0.6) is 0 Å². The molecular formula is C35H62N6O4. The Bertz CT molecular complexity index is 945. The highest BCUT2D eigenvalue weighted by molar-refractivity contribution is 5.88. The van der Waals surface area contributed by atoms with Crippen LogP contribution in [0, 0.1) is 0 Å². The summed E-state index contributed by atoms with van der Waals surface area (Å²) in [5, 5.41) is 5.81. The first kappa shape index (κ1) is 40.0. The summed E-state index contributed by atoms with van der Waals surface area (Å²) < 4.78 is 0. The average Bonchev–Trinajstić information content (AvgIpc) is 3.03. The molecule has 8 N–H and O–H groups in total. The van der Waals surface area contributed by atoms with Gasteiger partial charge in [0.15, 0.2) is 0 Å². The first-order valence-electron chi connectivity index (χ1n) is 17.4. The van der Waals surface area contributed by atoms with Crippen molar-refractivity contribution >= 4 is 23.6 Å². The van der Waals surface area contributed by atoms with Crippen molar-refractivity contribution in [1.29, 1.82) is 0 Å². The summed E-state index contributed by atoms with van der Waals surface area (Å²) in [6.07, 6.45) is 15.4. The molecule has 0 aliphatic heterocycles. The van der Waals surface area contributed by atoms with Gasteiger partial charge < -0.3 is 32.7 Å². The van der Waals surface area contributed by atoms with E-state index in [1.54, 1.807) is 0 Å². The zero-order valence-corrected chi connectivity index (χ0v) is 27.9. The first-order chi connectivity index (χ1) is 21.8. The summed E-state index contributed by atoms with van der Waals surface area (Å²) >= 11 is 0. The fraction of sp³-hybridized carbons (Fsp3) is 0.714. The quantitative estimate of drug-likeness (QED) is 0.0872. The zero-order valence-electron chi connectivity index (χ0n) is 27.9. The third-order valence-corrected chi connectivity index (χ3v) is 8.19. The minimum atomic E-state index is -0.784. The van der Waals surface area contributed by atoms with Gasteiger partial charge >= 0.3 is 0 Å². The van der Waals surface area contributed by atoms with Gasteiger partial charge in [0.25, 0.3) is 0 Å². The van der Waals surface area contributed by atoms with E-state index in [2.05, 4.69) is 17.6 Å². The highest BCUT2D eigenvalue weighted by Gasteiger charge is 2.28. The smallest absolute Gasteiger partial charge is 0.242 e. The summed E-state index contributed by atoms with van der Waals surface area (Å²) in [7, 11) is 0. The van der Waals surface area contributed by atoms with Crippen molar-refractivity contribution in [3.63, 3.8) is 0 Å².